The van der Waals surface area contributed by atoms with Crippen LogP contribution in [-0.2, 0) is 9.84 Å². The van der Waals surface area contributed by atoms with Crippen LogP contribution >= 0.6 is 0 Å². The van der Waals surface area contributed by atoms with E-state index in [4.69, 9.17) is 0 Å². The largest absolute Gasteiger partial charge is 0.369 e. The Morgan fingerprint density at radius 3 is 2.23 bits per heavy atom. The second-order valence-electron chi connectivity index (χ2n) is 7.20. The lowest BCUT2D eigenvalue weighted by molar-refractivity contribution is 0.102. The van der Waals surface area contributed by atoms with E-state index in [9.17, 15) is 22.0 Å². The Morgan fingerprint density at radius 1 is 1.07 bits per heavy atom. The van der Waals surface area contributed by atoms with Crippen molar-refractivity contribution in [2.45, 2.75) is 24.5 Å². The van der Waals surface area contributed by atoms with Crippen molar-refractivity contribution in [3.05, 3.63) is 53.6 Å². The van der Waals surface area contributed by atoms with Crippen LogP contribution in [0.25, 0.3) is 0 Å². The summed E-state index contributed by atoms with van der Waals surface area (Å²) >= 11 is 0. The molecule has 0 aromatic heterocycles. The van der Waals surface area contributed by atoms with Crippen molar-refractivity contribution in [1.29, 1.82) is 0 Å². The maximum absolute atomic E-state index is 12.6. The van der Waals surface area contributed by atoms with E-state index in [2.05, 4.69) is 22.0 Å². The molecule has 30 heavy (non-hydrogen) atoms. The topological polar surface area (TPSA) is 69.7 Å². The number of rotatable bonds is 6. The number of carbonyl (C=O) groups is 1. The van der Waals surface area contributed by atoms with Crippen LogP contribution in [0, 0.1) is 6.92 Å². The van der Waals surface area contributed by atoms with Crippen LogP contribution in [0.2, 0.25) is 0 Å². The second-order valence-corrected chi connectivity index (χ2v) is 9.12. The SMILES string of the molecule is CCN1CCN(c2ccc(NC(=O)c3ccc(S(=O)(=O)C(F)F)cc3)c(C)c2)CC1. The number of nitrogens with zero attached hydrogens (tertiary/aromatic N) is 2. The predicted octanol–water partition coefficient (Wildman–Crippen LogP) is 3.39. The minimum absolute atomic E-state index is 0.183. The maximum atomic E-state index is 12.6. The van der Waals surface area contributed by atoms with Gasteiger partial charge in [0.2, 0.25) is 9.84 Å². The number of alkyl halides is 2. The normalized spacial score (nSPS) is 15.4. The number of anilines is 2. The third-order valence-electron chi connectivity index (χ3n) is 5.32. The van der Waals surface area contributed by atoms with Gasteiger partial charge in [0.1, 0.15) is 0 Å². The number of piperazine rings is 1. The molecular weight excluding hydrogens is 412 g/mol. The summed E-state index contributed by atoms with van der Waals surface area (Å²) in [6.45, 7) is 9.05. The monoisotopic (exact) mass is 437 g/mol. The molecule has 1 fully saturated rings. The minimum Gasteiger partial charge on any atom is -0.369 e. The molecule has 1 aliphatic rings. The number of nitrogens with one attached hydrogen (secondary N) is 1. The Morgan fingerprint density at radius 2 is 1.70 bits per heavy atom. The minimum atomic E-state index is -4.68. The molecule has 2 aromatic carbocycles. The molecule has 0 radical (unpaired) electrons. The molecule has 1 amide bonds. The summed E-state index contributed by atoms with van der Waals surface area (Å²) in [7, 11) is -4.68. The average molecular weight is 438 g/mol. The van der Waals surface area contributed by atoms with Crippen molar-refractivity contribution >= 4 is 27.1 Å². The molecular formula is C21H25F2N3O3S. The van der Waals surface area contributed by atoms with E-state index < -0.39 is 26.4 Å². The molecule has 0 bridgehead atoms. The molecule has 0 spiro atoms. The van der Waals surface area contributed by atoms with Gasteiger partial charge in [-0.05, 0) is 61.5 Å². The lowest BCUT2D eigenvalue weighted by Gasteiger charge is -2.35. The van der Waals surface area contributed by atoms with E-state index in [1.54, 1.807) is 0 Å². The standard InChI is InChI=1S/C21H25F2N3O3S/c1-3-25-10-12-26(13-11-25)17-6-9-19(15(2)14-17)24-20(27)16-4-7-18(8-5-16)30(28,29)21(22)23/h4-9,14,21H,3,10-13H2,1-2H3,(H,24,27). The van der Waals surface area contributed by atoms with Crippen molar-refractivity contribution in [2.24, 2.45) is 0 Å². The zero-order valence-corrected chi connectivity index (χ0v) is 17.8. The number of hydrogen-bond acceptors (Lipinski definition) is 5. The molecule has 1 N–H and O–H groups in total. The summed E-state index contributed by atoms with van der Waals surface area (Å²) in [5.41, 5.74) is 2.82. The first-order valence-corrected chi connectivity index (χ1v) is 11.3. The number of sulfone groups is 1. The van der Waals surface area contributed by atoms with Gasteiger partial charge in [-0.3, -0.25) is 4.79 Å². The number of likely N-dealkylation sites (N-methyl/N-ethyl adjacent to an activating group) is 1. The van der Waals surface area contributed by atoms with Gasteiger partial charge in [0, 0.05) is 43.1 Å². The number of aryl methyl sites for hydroxylation is 1. The molecule has 1 aliphatic heterocycles. The first kappa shape index (κ1) is 22.2. The van der Waals surface area contributed by atoms with E-state index >= 15 is 0 Å². The van der Waals surface area contributed by atoms with Crippen molar-refractivity contribution in [3.63, 3.8) is 0 Å². The Hall–Kier alpha value is -2.52. The molecule has 1 heterocycles. The van der Waals surface area contributed by atoms with Gasteiger partial charge in [0.25, 0.3) is 5.91 Å². The van der Waals surface area contributed by atoms with Gasteiger partial charge < -0.3 is 15.1 Å². The molecule has 0 unspecified atom stereocenters. The first-order valence-electron chi connectivity index (χ1n) is 9.73. The lowest BCUT2D eigenvalue weighted by Crippen LogP contribution is -2.46. The Balaban J connectivity index is 1.68. The van der Waals surface area contributed by atoms with Crippen LogP contribution in [0.3, 0.4) is 0 Å². The fourth-order valence-electron chi connectivity index (χ4n) is 3.40. The third kappa shape index (κ3) is 4.79. The number of benzene rings is 2. The quantitative estimate of drug-likeness (QED) is 0.750. The predicted molar refractivity (Wildman–Crippen MR) is 113 cm³/mol. The van der Waals surface area contributed by atoms with Crippen molar-refractivity contribution in [2.75, 3.05) is 42.9 Å². The highest BCUT2D eigenvalue weighted by atomic mass is 32.2. The fraction of sp³-hybridized carbons (Fsp3) is 0.381. The molecule has 0 atom stereocenters. The van der Waals surface area contributed by atoms with E-state index in [0.29, 0.717) is 5.69 Å². The molecule has 0 saturated carbocycles. The van der Waals surface area contributed by atoms with Crippen molar-refractivity contribution in [3.8, 4) is 0 Å². The van der Waals surface area contributed by atoms with Crippen molar-refractivity contribution in [1.82, 2.24) is 4.90 Å². The van der Waals surface area contributed by atoms with Crippen molar-refractivity contribution < 1.29 is 22.0 Å². The van der Waals surface area contributed by atoms with Gasteiger partial charge in [0.05, 0.1) is 4.90 Å². The zero-order chi connectivity index (χ0) is 21.9. The smallest absolute Gasteiger partial charge is 0.341 e. The fourth-order valence-corrected chi connectivity index (χ4v) is 4.12. The van der Waals surface area contributed by atoms with Gasteiger partial charge in [0.15, 0.2) is 0 Å². The summed E-state index contributed by atoms with van der Waals surface area (Å²) < 4.78 is 48.2. The van der Waals surface area contributed by atoms with Crippen LogP contribution in [0.1, 0.15) is 22.8 Å². The molecule has 9 heteroatoms. The highest BCUT2D eigenvalue weighted by molar-refractivity contribution is 7.91. The average Bonchev–Trinajstić information content (AvgIpc) is 2.75. The summed E-state index contributed by atoms with van der Waals surface area (Å²) in [6.07, 6.45) is 0. The number of carbonyl (C=O) groups excluding carboxylic acids is 1. The first-order chi connectivity index (χ1) is 14.2. The van der Waals surface area contributed by atoms with Crippen LogP contribution in [0.4, 0.5) is 20.2 Å². The van der Waals surface area contributed by atoms with E-state index in [1.807, 2.05) is 25.1 Å². The highest BCUT2D eigenvalue weighted by Crippen LogP contribution is 2.25. The Labute approximate surface area is 175 Å². The van der Waals surface area contributed by atoms with Crippen LogP contribution in [-0.4, -0.2) is 57.7 Å². The summed E-state index contributed by atoms with van der Waals surface area (Å²) in [5, 5.41) is 2.79. The van der Waals surface area contributed by atoms with Gasteiger partial charge >= 0.3 is 5.76 Å². The van der Waals surface area contributed by atoms with Crippen LogP contribution in [0.5, 0.6) is 0 Å². The zero-order valence-electron chi connectivity index (χ0n) is 16.9. The second kappa shape index (κ2) is 9.09. The van der Waals surface area contributed by atoms with E-state index in [1.165, 1.54) is 12.1 Å². The summed E-state index contributed by atoms with van der Waals surface area (Å²) in [4.78, 5) is 16.7. The van der Waals surface area contributed by atoms with Crippen LogP contribution < -0.4 is 10.2 Å². The van der Waals surface area contributed by atoms with Gasteiger partial charge in [-0.1, -0.05) is 6.92 Å². The highest BCUT2D eigenvalue weighted by Gasteiger charge is 2.26. The molecule has 0 aliphatic carbocycles. The molecule has 6 nitrogen and oxygen atoms in total. The molecule has 162 valence electrons. The number of amides is 1. The third-order valence-corrected chi connectivity index (χ3v) is 6.72. The molecule has 3 rings (SSSR count). The van der Waals surface area contributed by atoms with Gasteiger partial charge in [-0.2, -0.15) is 8.78 Å². The van der Waals surface area contributed by atoms with E-state index in [0.717, 1.165) is 56.1 Å². The van der Waals surface area contributed by atoms with Gasteiger partial charge in [-0.25, -0.2) is 8.42 Å². The molecule has 1 saturated heterocycles. The van der Waals surface area contributed by atoms with Gasteiger partial charge in [-0.15, -0.1) is 0 Å². The maximum Gasteiger partial charge on any atom is 0.341 e. The Kier molecular flexibility index (Phi) is 6.72. The van der Waals surface area contributed by atoms with E-state index in [-0.39, 0.29) is 5.56 Å². The summed E-state index contributed by atoms with van der Waals surface area (Å²) in [5.74, 6) is -3.94. The Bertz CT molecular complexity index is 1000. The number of hydrogen-bond donors (Lipinski definition) is 1. The van der Waals surface area contributed by atoms with Crippen LogP contribution in [0.15, 0.2) is 47.4 Å². The lowest BCUT2D eigenvalue weighted by atomic mass is 10.1. The summed E-state index contributed by atoms with van der Waals surface area (Å²) in [6, 6.07) is 10.3. The number of halogens is 2. The molecule has 2 aromatic rings.